The molecule has 1 aliphatic rings. The molecule has 1 aliphatic heterocycles. The molecule has 24 heavy (non-hydrogen) atoms. The normalized spacial score (nSPS) is 15.7. The standard InChI is InChI=1S/C17H23N3O4/c1-13(21)14-3-5-15(6-4-14)18-16(22)11-19(2)12-17(23)20-7-9-24-10-8-20/h3-6H,7-12H2,1-2H3,(H,18,22)/p+1. The van der Waals surface area contributed by atoms with E-state index < -0.39 is 0 Å². The second kappa shape index (κ2) is 8.56. The van der Waals surface area contributed by atoms with Crippen LogP contribution in [0.1, 0.15) is 17.3 Å². The van der Waals surface area contributed by atoms with E-state index >= 15 is 0 Å². The summed E-state index contributed by atoms with van der Waals surface area (Å²) in [4.78, 5) is 38.0. The molecule has 1 aromatic carbocycles. The molecule has 0 aromatic heterocycles. The molecule has 0 saturated carbocycles. The fourth-order valence-electron chi connectivity index (χ4n) is 2.51. The molecule has 7 heteroatoms. The number of quaternary nitrogens is 1. The van der Waals surface area contributed by atoms with Crippen molar-refractivity contribution in [2.45, 2.75) is 6.92 Å². The molecule has 7 nitrogen and oxygen atoms in total. The third-order valence-electron chi connectivity index (χ3n) is 3.85. The zero-order valence-electron chi connectivity index (χ0n) is 14.1. The summed E-state index contributed by atoms with van der Waals surface area (Å²) in [5, 5.41) is 2.78. The van der Waals surface area contributed by atoms with Gasteiger partial charge in [-0.2, -0.15) is 0 Å². The van der Waals surface area contributed by atoms with Gasteiger partial charge in [0.2, 0.25) is 0 Å². The van der Waals surface area contributed by atoms with Gasteiger partial charge in [-0.15, -0.1) is 0 Å². The lowest BCUT2D eigenvalue weighted by molar-refractivity contribution is -0.862. The maximum Gasteiger partial charge on any atom is 0.279 e. The highest BCUT2D eigenvalue weighted by atomic mass is 16.5. The van der Waals surface area contributed by atoms with Gasteiger partial charge in [0.25, 0.3) is 11.8 Å². The summed E-state index contributed by atoms with van der Waals surface area (Å²) in [6, 6.07) is 6.75. The number of ketones is 1. The van der Waals surface area contributed by atoms with E-state index in [0.29, 0.717) is 37.6 Å². The number of amides is 2. The number of ether oxygens (including phenoxy) is 1. The second-order valence-electron chi connectivity index (χ2n) is 5.99. The summed E-state index contributed by atoms with van der Waals surface area (Å²) in [6.07, 6.45) is 0. The Morgan fingerprint density at radius 1 is 1.12 bits per heavy atom. The number of anilines is 1. The van der Waals surface area contributed by atoms with Gasteiger partial charge in [-0.3, -0.25) is 14.4 Å². The summed E-state index contributed by atoms with van der Waals surface area (Å²) in [6.45, 7) is 4.34. The first-order chi connectivity index (χ1) is 11.5. The largest absolute Gasteiger partial charge is 0.378 e. The fraction of sp³-hybridized carbons (Fsp3) is 0.471. The molecule has 1 aromatic rings. The molecular weight excluding hydrogens is 310 g/mol. The van der Waals surface area contributed by atoms with Crippen LogP contribution in [-0.4, -0.2) is 68.9 Å². The van der Waals surface area contributed by atoms with Gasteiger partial charge < -0.3 is 19.9 Å². The average Bonchev–Trinajstić information content (AvgIpc) is 2.55. The molecule has 1 atom stereocenters. The molecule has 0 aliphatic carbocycles. The smallest absolute Gasteiger partial charge is 0.279 e. The van der Waals surface area contributed by atoms with Crippen LogP contribution in [0.5, 0.6) is 0 Å². The summed E-state index contributed by atoms with van der Waals surface area (Å²) in [7, 11) is 1.82. The Labute approximate surface area is 141 Å². The van der Waals surface area contributed by atoms with Crippen LogP contribution in [-0.2, 0) is 14.3 Å². The predicted octanol–water partition coefficient (Wildman–Crippen LogP) is -0.799. The van der Waals surface area contributed by atoms with Crippen molar-refractivity contribution in [3.05, 3.63) is 29.8 Å². The van der Waals surface area contributed by atoms with Gasteiger partial charge in [0, 0.05) is 24.3 Å². The van der Waals surface area contributed by atoms with E-state index in [1.807, 2.05) is 7.05 Å². The van der Waals surface area contributed by atoms with Gasteiger partial charge in [0.05, 0.1) is 20.3 Å². The minimum atomic E-state index is -0.169. The number of benzene rings is 1. The second-order valence-corrected chi connectivity index (χ2v) is 5.99. The first kappa shape index (κ1) is 18.1. The van der Waals surface area contributed by atoms with E-state index in [0.717, 1.165) is 4.90 Å². The number of hydrogen-bond donors (Lipinski definition) is 2. The van der Waals surface area contributed by atoms with E-state index in [4.69, 9.17) is 4.74 Å². The molecule has 1 heterocycles. The van der Waals surface area contributed by atoms with Gasteiger partial charge >= 0.3 is 0 Å². The van der Waals surface area contributed by atoms with Gasteiger partial charge in [0.15, 0.2) is 18.9 Å². The number of carbonyl (C=O) groups excluding carboxylic acids is 3. The molecule has 2 rings (SSSR count). The van der Waals surface area contributed by atoms with Crippen molar-refractivity contribution in [2.24, 2.45) is 0 Å². The van der Waals surface area contributed by atoms with E-state index in [1.165, 1.54) is 6.92 Å². The van der Waals surface area contributed by atoms with Crippen LogP contribution in [0, 0.1) is 0 Å². The summed E-state index contributed by atoms with van der Waals surface area (Å²) in [5.41, 5.74) is 1.24. The summed E-state index contributed by atoms with van der Waals surface area (Å²) < 4.78 is 5.22. The number of Topliss-reactive ketones (excluding diaryl/α,β-unsaturated/α-hetero) is 1. The number of likely N-dealkylation sites (N-methyl/N-ethyl adjacent to an activating group) is 1. The zero-order valence-corrected chi connectivity index (χ0v) is 14.1. The fourth-order valence-corrected chi connectivity index (χ4v) is 2.51. The van der Waals surface area contributed by atoms with Crippen molar-refractivity contribution in [3.63, 3.8) is 0 Å². The maximum absolute atomic E-state index is 12.1. The van der Waals surface area contributed by atoms with Crippen LogP contribution >= 0.6 is 0 Å². The molecule has 2 amide bonds. The zero-order chi connectivity index (χ0) is 17.5. The molecule has 0 bridgehead atoms. The lowest BCUT2D eigenvalue weighted by atomic mass is 10.1. The van der Waals surface area contributed by atoms with Gasteiger partial charge in [-0.25, -0.2) is 0 Å². The molecule has 1 unspecified atom stereocenters. The van der Waals surface area contributed by atoms with Crippen LogP contribution in [0.15, 0.2) is 24.3 Å². The highest BCUT2D eigenvalue weighted by Crippen LogP contribution is 2.09. The Hall–Kier alpha value is -2.25. The lowest BCUT2D eigenvalue weighted by Crippen LogP contribution is -3.11. The maximum atomic E-state index is 12.1. The van der Waals surface area contributed by atoms with E-state index in [2.05, 4.69) is 5.32 Å². The molecule has 130 valence electrons. The van der Waals surface area contributed by atoms with Crippen LogP contribution in [0.3, 0.4) is 0 Å². The van der Waals surface area contributed by atoms with Crippen molar-refractivity contribution < 1.29 is 24.0 Å². The molecule has 1 fully saturated rings. The third kappa shape index (κ3) is 5.43. The number of hydrogen-bond acceptors (Lipinski definition) is 4. The molecule has 2 N–H and O–H groups in total. The van der Waals surface area contributed by atoms with Gasteiger partial charge in [0.1, 0.15) is 0 Å². The van der Waals surface area contributed by atoms with Crippen molar-refractivity contribution in [1.29, 1.82) is 0 Å². The quantitative estimate of drug-likeness (QED) is 0.668. The summed E-state index contributed by atoms with van der Waals surface area (Å²) >= 11 is 0. The van der Waals surface area contributed by atoms with E-state index in [9.17, 15) is 14.4 Å². The highest BCUT2D eigenvalue weighted by molar-refractivity contribution is 5.95. The molecule has 0 spiro atoms. The highest BCUT2D eigenvalue weighted by Gasteiger charge is 2.21. The van der Waals surface area contributed by atoms with Crippen LogP contribution in [0.4, 0.5) is 5.69 Å². The van der Waals surface area contributed by atoms with Crippen LogP contribution < -0.4 is 10.2 Å². The Bertz CT molecular complexity index is 594. The van der Waals surface area contributed by atoms with Crippen molar-refractivity contribution >= 4 is 23.3 Å². The molecule has 0 radical (unpaired) electrons. The SMILES string of the molecule is CC(=O)c1ccc(NC(=O)C[NH+](C)CC(=O)N2CCOCC2)cc1. The Kier molecular flexibility index (Phi) is 6.45. The van der Waals surface area contributed by atoms with Crippen molar-refractivity contribution in [1.82, 2.24) is 4.90 Å². The average molecular weight is 334 g/mol. The monoisotopic (exact) mass is 334 g/mol. The third-order valence-corrected chi connectivity index (χ3v) is 3.85. The van der Waals surface area contributed by atoms with E-state index in [1.54, 1.807) is 29.2 Å². The molecular formula is C17H24N3O4+. The topological polar surface area (TPSA) is 80.2 Å². The minimum Gasteiger partial charge on any atom is -0.378 e. The lowest BCUT2D eigenvalue weighted by Gasteiger charge is -2.27. The van der Waals surface area contributed by atoms with Gasteiger partial charge in [-0.05, 0) is 31.2 Å². The number of morpholine rings is 1. The van der Waals surface area contributed by atoms with E-state index in [-0.39, 0.29) is 30.7 Å². The Morgan fingerprint density at radius 2 is 1.75 bits per heavy atom. The van der Waals surface area contributed by atoms with Crippen LogP contribution in [0.2, 0.25) is 0 Å². The van der Waals surface area contributed by atoms with Crippen molar-refractivity contribution in [3.8, 4) is 0 Å². The number of rotatable bonds is 6. The van der Waals surface area contributed by atoms with Gasteiger partial charge in [-0.1, -0.05) is 0 Å². The number of nitrogens with one attached hydrogen (secondary N) is 2. The first-order valence-corrected chi connectivity index (χ1v) is 8.03. The minimum absolute atomic E-state index is 0.0151. The Balaban J connectivity index is 1.78. The number of carbonyl (C=O) groups is 3. The first-order valence-electron chi connectivity index (χ1n) is 8.03. The van der Waals surface area contributed by atoms with Crippen LogP contribution in [0.25, 0.3) is 0 Å². The Morgan fingerprint density at radius 3 is 2.33 bits per heavy atom. The summed E-state index contributed by atoms with van der Waals surface area (Å²) in [5.74, 6) is -0.147. The number of nitrogens with zero attached hydrogens (tertiary/aromatic N) is 1. The predicted molar refractivity (Wildman–Crippen MR) is 89.1 cm³/mol. The van der Waals surface area contributed by atoms with Crippen molar-refractivity contribution in [2.75, 3.05) is 51.8 Å². The molecule has 1 saturated heterocycles.